The zero-order valence-electron chi connectivity index (χ0n) is 9.64. The van der Waals surface area contributed by atoms with E-state index in [1.807, 2.05) is 0 Å². The minimum atomic E-state index is -3.98. The molecule has 1 rings (SSSR count). The van der Waals surface area contributed by atoms with Crippen LogP contribution < -0.4 is 0 Å². The number of esters is 1. The number of alkyl halides is 2. The molecule has 0 amide bonds. The van der Waals surface area contributed by atoms with Crippen molar-refractivity contribution in [2.75, 3.05) is 6.61 Å². The first-order chi connectivity index (χ1) is 8.29. The number of nitrogens with zero attached hydrogens (tertiary/aromatic N) is 1. The van der Waals surface area contributed by atoms with E-state index in [0.717, 1.165) is 0 Å². The van der Waals surface area contributed by atoms with Crippen LogP contribution in [0.1, 0.15) is 18.9 Å². The molecule has 0 atom stereocenters. The standard InChI is InChI=1S/C11H13F2NO4/c1-2-18-9(15)10(12,13)7-11(16,17)8-3-5-14-6-4-8/h3-6,16-17H,2,7H2,1H3. The molecular formula is C11H13F2NO4. The Bertz CT molecular complexity index is 409. The van der Waals surface area contributed by atoms with Gasteiger partial charge in [0.1, 0.15) is 0 Å². The molecule has 5 nitrogen and oxygen atoms in total. The molecule has 0 saturated heterocycles. The molecule has 0 aliphatic rings. The SMILES string of the molecule is CCOC(=O)C(F)(F)CC(O)(O)c1ccncc1. The van der Waals surface area contributed by atoms with Gasteiger partial charge in [-0.1, -0.05) is 0 Å². The van der Waals surface area contributed by atoms with E-state index in [0.29, 0.717) is 0 Å². The first-order valence-corrected chi connectivity index (χ1v) is 5.20. The van der Waals surface area contributed by atoms with Gasteiger partial charge in [0, 0.05) is 18.0 Å². The molecule has 1 heterocycles. The van der Waals surface area contributed by atoms with E-state index in [2.05, 4.69) is 9.72 Å². The second-order valence-corrected chi connectivity index (χ2v) is 3.65. The summed E-state index contributed by atoms with van der Waals surface area (Å²) in [5.41, 5.74) is -0.179. The number of aromatic nitrogens is 1. The Morgan fingerprint density at radius 3 is 2.44 bits per heavy atom. The highest BCUT2D eigenvalue weighted by atomic mass is 19.3. The van der Waals surface area contributed by atoms with E-state index in [1.165, 1.54) is 31.5 Å². The first kappa shape index (κ1) is 14.5. The molecule has 18 heavy (non-hydrogen) atoms. The Morgan fingerprint density at radius 1 is 1.39 bits per heavy atom. The number of hydrogen-bond acceptors (Lipinski definition) is 5. The van der Waals surface area contributed by atoms with Crippen LogP contribution in [0.4, 0.5) is 8.78 Å². The van der Waals surface area contributed by atoms with Gasteiger partial charge in [-0.15, -0.1) is 0 Å². The maximum atomic E-state index is 13.4. The third-order valence-electron chi connectivity index (χ3n) is 2.19. The zero-order chi connectivity index (χ0) is 13.8. The quantitative estimate of drug-likeness (QED) is 0.605. The lowest BCUT2D eigenvalue weighted by Gasteiger charge is -2.25. The van der Waals surface area contributed by atoms with E-state index in [4.69, 9.17) is 0 Å². The van der Waals surface area contributed by atoms with Gasteiger partial charge < -0.3 is 14.9 Å². The number of aliphatic hydroxyl groups is 2. The van der Waals surface area contributed by atoms with Gasteiger partial charge in [0.05, 0.1) is 13.0 Å². The number of pyridine rings is 1. The van der Waals surface area contributed by atoms with Gasteiger partial charge in [-0.3, -0.25) is 4.98 Å². The summed E-state index contributed by atoms with van der Waals surface area (Å²) in [5, 5.41) is 19.2. The third kappa shape index (κ3) is 3.44. The highest BCUT2D eigenvalue weighted by molar-refractivity contribution is 5.77. The van der Waals surface area contributed by atoms with Crippen molar-refractivity contribution < 1.29 is 28.5 Å². The van der Waals surface area contributed by atoms with Crippen molar-refractivity contribution >= 4 is 5.97 Å². The largest absolute Gasteiger partial charge is 0.462 e. The van der Waals surface area contributed by atoms with E-state index >= 15 is 0 Å². The van der Waals surface area contributed by atoms with Crippen LogP contribution in [0.2, 0.25) is 0 Å². The molecule has 0 spiro atoms. The van der Waals surface area contributed by atoms with Gasteiger partial charge in [0.25, 0.3) is 0 Å². The molecule has 0 aliphatic heterocycles. The lowest BCUT2D eigenvalue weighted by atomic mass is 10.00. The molecule has 0 bridgehead atoms. The Hall–Kier alpha value is -1.60. The number of ether oxygens (including phenoxy) is 1. The molecule has 0 unspecified atom stereocenters. The monoisotopic (exact) mass is 261 g/mol. The van der Waals surface area contributed by atoms with E-state index < -0.39 is 24.1 Å². The van der Waals surface area contributed by atoms with Gasteiger partial charge in [-0.25, -0.2) is 4.79 Å². The lowest BCUT2D eigenvalue weighted by Crippen LogP contribution is -2.40. The third-order valence-corrected chi connectivity index (χ3v) is 2.19. The minimum Gasteiger partial charge on any atom is -0.462 e. The first-order valence-electron chi connectivity index (χ1n) is 5.20. The fourth-order valence-electron chi connectivity index (χ4n) is 1.34. The van der Waals surface area contributed by atoms with Crippen LogP contribution in [0.15, 0.2) is 24.5 Å². The van der Waals surface area contributed by atoms with Crippen LogP contribution in [-0.4, -0.2) is 33.7 Å². The Balaban J connectivity index is 2.85. The van der Waals surface area contributed by atoms with Crippen molar-refractivity contribution in [2.45, 2.75) is 25.1 Å². The predicted octanol–water partition coefficient (Wildman–Crippen LogP) is 0.807. The molecule has 0 aromatic carbocycles. The normalized spacial score (nSPS) is 12.3. The van der Waals surface area contributed by atoms with Gasteiger partial charge in [0.15, 0.2) is 5.79 Å². The molecule has 0 aliphatic carbocycles. The fourth-order valence-corrected chi connectivity index (χ4v) is 1.34. The molecule has 2 N–H and O–H groups in total. The maximum Gasteiger partial charge on any atom is 0.377 e. The van der Waals surface area contributed by atoms with Crippen LogP contribution >= 0.6 is 0 Å². The fraction of sp³-hybridized carbons (Fsp3) is 0.455. The summed E-state index contributed by atoms with van der Waals surface area (Å²) >= 11 is 0. The van der Waals surface area contributed by atoms with Crippen LogP contribution in [0.25, 0.3) is 0 Å². The maximum absolute atomic E-state index is 13.4. The number of carbonyl (C=O) groups excluding carboxylic acids is 1. The van der Waals surface area contributed by atoms with Crippen LogP contribution in [0.3, 0.4) is 0 Å². The Kier molecular flexibility index (Phi) is 4.31. The topological polar surface area (TPSA) is 79.7 Å². The summed E-state index contributed by atoms with van der Waals surface area (Å²) in [4.78, 5) is 14.6. The molecule has 0 fully saturated rings. The summed E-state index contributed by atoms with van der Waals surface area (Å²) in [6.07, 6.45) is 0.959. The second kappa shape index (κ2) is 5.36. The van der Waals surface area contributed by atoms with Crippen molar-refractivity contribution in [3.63, 3.8) is 0 Å². The average molecular weight is 261 g/mol. The summed E-state index contributed by atoms with van der Waals surface area (Å²) in [7, 11) is 0. The van der Waals surface area contributed by atoms with E-state index in [1.54, 1.807) is 0 Å². The average Bonchev–Trinajstić information content (AvgIpc) is 2.29. The number of hydrogen-bond donors (Lipinski definition) is 2. The number of carbonyl (C=O) groups is 1. The zero-order valence-corrected chi connectivity index (χ0v) is 9.64. The highest BCUT2D eigenvalue weighted by Crippen LogP contribution is 2.32. The molecule has 7 heteroatoms. The minimum absolute atomic E-state index is 0.179. The van der Waals surface area contributed by atoms with Gasteiger partial charge >= 0.3 is 11.9 Å². The summed E-state index contributed by atoms with van der Waals surface area (Å²) in [6, 6.07) is 2.34. The summed E-state index contributed by atoms with van der Waals surface area (Å²) in [5.74, 6) is -8.60. The van der Waals surface area contributed by atoms with Crippen LogP contribution in [0, 0.1) is 0 Å². The van der Waals surface area contributed by atoms with E-state index in [-0.39, 0.29) is 12.2 Å². The van der Waals surface area contributed by atoms with Crippen LogP contribution in [-0.2, 0) is 15.3 Å². The number of rotatable bonds is 5. The van der Waals surface area contributed by atoms with Gasteiger partial charge in [-0.05, 0) is 19.1 Å². The molecular weight excluding hydrogens is 248 g/mol. The molecule has 1 aromatic heterocycles. The van der Waals surface area contributed by atoms with Crippen molar-refractivity contribution in [2.24, 2.45) is 0 Å². The predicted molar refractivity (Wildman–Crippen MR) is 56.5 cm³/mol. The lowest BCUT2D eigenvalue weighted by molar-refractivity contribution is -0.226. The van der Waals surface area contributed by atoms with E-state index in [9.17, 15) is 23.8 Å². The smallest absolute Gasteiger partial charge is 0.377 e. The second-order valence-electron chi connectivity index (χ2n) is 3.65. The van der Waals surface area contributed by atoms with Crippen molar-refractivity contribution in [1.82, 2.24) is 4.98 Å². The van der Waals surface area contributed by atoms with Crippen LogP contribution in [0.5, 0.6) is 0 Å². The van der Waals surface area contributed by atoms with Gasteiger partial charge in [0.2, 0.25) is 0 Å². The van der Waals surface area contributed by atoms with Gasteiger partial charge in [-0.2, -0.15) is 8.78 Å². The summed E-state index contributed by atoms with van der Waals surface area (Å²) < 4.78 is 30.9. The summed E-state index contributed by atoms with van der Waals surface area (Å²) in [6.45, 7) is 1.16. The number of halogens is 2. The van der Waals surface area contributed by atoms with Crippen molar-refractivity contribution in [3.8, 4) is 0 Å². The molecule has 0 saturated carbocycles. The molecule has 100 valence electrons. The van der Waals surface area contributed by atoms with Crippen molar-refractivity contribution in [3.05, 3.63) is 30.1 Å². The highest BCUT2D eigenvalue weighted by Gasteiger charge is 2.48. The Morgan fingerprint density at radius 2 is 1.94 bits per heavy atom. The van der Waals surface area contributed by atoms with Crippen molar-refractivity contribution in [1.29, 1.82) is 0 Å². The molecule has 0 radical (unpaired) electrons. The Labute approximate surface area is 102 Å². The molecule has 1 aromatic rings.